The normalized spacial score (nSPS) is 25.0. The van der Waals surface area contributed by atoms with Crippen LogP contribution in [0.1, 0.15) is 0 Å². The van der Waals surface area contributed by atoms with Crippen molar-refractivity contribution in [1.29, 1.82) is 0 Å². The largest absolute Gasteiger partial charge is 0.509 e. The van der Waals surface area contributed by atoms with Gasteiger partial charge in [-0.25, -0.2) is 4.79 Å². The van der Waals surface area contributed by atoms with E-state index in [0.717, 1.165) is 0 Å². The van der Waals surface area contributed by atoms with Gasteiger partial charge in [-0.2, -0.15) is 0 Å². The molecule has 1 fully saturated rings. The van der Waals surface area contributed by atoms with Crippen LogP contribution in [0.15, 0.2) is 0 Å². The summed E-state index contributed by atoms with van der Waals surface area (Å²) in [6.07, 6.45) is -1.74. The molecule has 0 saturated carbocycles. The summed E-state index contributed by atoms with van der Waals surface area (Å²) in [6, 6.07) is 0. The third-order valence-electron chi connectivity index (χ3n) is 0.844. The van der Waals surface area contributed by atoms with Crippen molar-refractivity contribution in [3.63, 3.8) is 0 Å². The Morgan fingerprint density at radius 1 is 1.78 bits per heavy atom. The SMILES string of the molecule is O=C1OCC(C(=O)Cl)O1. The maximum absolute atomic E-state index is 10.2. The maximum atomic E-state index is 10.2. The van der Waals surface area contributed by atoms with Gasteiger partial charge in [0, 0.05) is 0 Å². The van der Waals surface area contributed by atoms with Crippen molar-refractivity contribution in [3.8, 4) is 0 Å². The van der Waals surface area contributed by atoms with Gasteiger partial charge in [-0.3, -0.25) is 4.79 Å². The fraction of sp³-hybridized carbons (Fsp3) is 0.500. The molecule has 1 aliphatic heterocycles. The second kappa shape index (κ2) is 2.23. The van der Waals surface area contributed by atoms with Crippen LogP contribution in [0.25, 0.3) is 0 Å². The molecular formula is C4H3ClO4. The average Bonchev–Trinajstić information content (AvgIpc) is 2.14. The Hall–Kier alpha value is -0.770. The molecule has 1 heterocycles. The van der Waals surface area contributed by atoms with Crippen LogP contribution in [0, 0.1) is 0 Å². The van der Waals surface area contributed by atoms with E-state index < -0.39 is 17.5 Å². The number of carbonyl (C=O) groups excluding carboxylic acids is 2. The van der Waals surface area contributed by atoms with Gasteiger partial charge in [0.15, 0.2) is 0 Å². The summed E-state index contributed by atoms with van der Waals surface area (Å²) in [7, 11) is 0. The molecule has 0 aromatic carbocycles. The van der Waals surface area contributed by atoms with Crippen LogP contribution >= 0.6 is 11.6 Å². The predicted octanol–water partition coefficient (Wildman–Crippen LogP) is 0.287. The molecule has 9 heavy (non-hydrogen) atoms. The number of cyclic esters (lactones) is 2. The number of carbonyl (C=O) groups is 2. The highest BCUT2D eigenvalue weighted by atomic mass is 35.5. The molecule has 1 rings (SSSR count). The predicted molar refractivity (Wildman–Crippen MR) is 27.1 cm³/mol. The lowest BCUT2D eigenvalue weighted by Crippen LogP contribution is -2.17. The van der Waals surface area contributed by atoms with E-state index in [-0.39, 0.29) is 6.61 Å². The minimum atomic E-state index is -0.904. The van der Waals surface area contributed by atoms with Gasteiger partial charge in [0.1, 0.15) is 6.61 Å². The number of rotatable bonds is 1. The molecule has 50 valence electrons. The van der Waals surface area contributed by atoms with E-state index in [1.54, 1.807) is 0 Å². The van der Waals surface area contributed by atoms with Gasteiger partial charge >= 0.3 is 6.16 Å². The molecule has 0 radical (unpaired) electrons. The summed E-state index contributed by atoms with van der Waals surface area (Å²) in [5, 5.41) is -0.708. The quantitative estimate of drug-likeness (QED) is 0.398. The van der Waals surface area contributed by atoms with Crippen LogP contribution in [0.5, 0.6) is 0 Å². The molecule has 1 saturated heterocycles. The lowest BCUT2D eigenvalue weighted by molar-refractivity contribution is -0.117. The van der Waals surface area contributed by atoms with Crippen molar-refractivity contribution >= 4 is 23.0 Å². The zero-order chi connectivity index (χ0) is 6.85. The van der Waals surface area contributed by atoms with Gasteiger partial charge in [0.05, 0.1) is 0 Å². The lowest BCUT2D eigenvalue weighted by atomic mass is 10.4. The third-order valence-corrected chi connectivity index (χ3v) is 1.09. The maximum Gasteiger partial charge on any atom is 0.509 e. The Morgan fingerprint density at radius 3 is 2.67 bits per heavy atom. The Labute approximate surface area is 55.7 Å². The average molecular weight is 151 g/mol. The molecule has 4 nitrogen and oxygen atoms in total. The molecule has 0 amide bonds. The second-order valence-corrected chi connectivity index (χ2v) is 1.84. The Balaban J connectivity index is 2.48. The number of hydrogen-bond donors (Lipinski definition) is 0. The number of halogens is 1. The Morgan fingerprint density at radius 2 is 2.44 bits per heavy atom. The van der Waals surface area contributed by atoms with E-state index in [1.807, 2.05) is 0 Å². The van der Waals surface area contributed by atoms with E-state index in [0.29, 0.717) is 0 Å². The molecule has 0 aromatic heterocycles. The molecule has 0 aliphatic carbocycles. The standard InChI is InChI=1S/C4H3ClO4/c5-3(6)2-1-8-4(7)9-2/h2H,1H2. The first-order chi connectivity index (χ1) is 4.20. The van der Waals surface area contributed by atoms with Crippen LogP contribution in [-0.4, -0.2) is 24.1 Å². The van der Waals surface area contributed by atoms with Crippen LogP contribution in [-0.2, 0) is 14.3 Å². The zero-order valence-electron chi connectivity index (χ0n) is 4.30. The van der Waals surface area contributed by atoms with Gasteiger partial charge in [-0.15, -0.1) is 0 Å². The molecule has 1 atom stereocenters. The molecule has 0 spiro atoms. The summed E-state index contributed by atoms with van der Waals surface area (Å²) in [5.74, 6) is 0. The highest BCUT2D eigenvalue weighted by Gasteiger charge is 2.29. The van der Waals surface area contributed by atoms with E-state index in [1.165, 1.54) is 0 Å². The van der Waals surface area contributed by atoms with Crippen molar-refractivity contribution in [1.82, 2.24) is 0 Å². The molecule has 0 bridgehead atoms. The first-order valence-corrected chi connectivity index (χ1v) is 2.60. The molecule has 5 heteroatoms. The molecule has 0 aromatic rings. The zero-order valence-corrected chi connectivity index (χ0v) is 5.05. The van der Waals surface area contributed by atoms with Gasteiger partial charge < -0.3 is 9.47 Å². The third kappa shape index (κ3) is 1.32. The van der Waals surface area contributed by atoms with Crippen molar-refractivity contribution in [2.24, 2.45) is 0 Å². The first-order valence-electron chi connectivity index (χ1n) is 2.23. The van der Waals surface area contributed by atoms with E-state index >= 15 is 0 Å². The van der Waals surface area contributed by atoms with E-state index in [9.17, 15) is 9.59 Å². The van der Waals surface area contributed by atoms with Crippen molar-refractivity contribution < 1.29 is 19.1 Å². The van der Waals surface area contributed by atoms with Crippen LogP contribution < -0.4 is 0 Å². The molecule has 0 N–H and O–H groups in total. The smallest absolute Gasteiger partial charge is 0.430 e. The van der Waals surface area contributed by atoms with Gasteiger partial charge in [-0.1, -0.05) is 0 Å². The first kappa shape index (κ1) is 6.35. The minimum absolute atomic E-state index is 0.0683. The lowest BCUT2D eigenvalue weighted by Gasteiger charge is -1.94. The number of hydrogen-bond acceptors (Lipinski definition) is 4. The Kier molecular flexibility index (Phi) is 1.57. The summed E-state index contributed by atoms with van der Waals surface area (Å²) in [4.78, 5) is 20.3. The molecule has 1 aliphatic rings. The van der Waals surface area contributed by atoms with Crippen LogP contribution in [0.4, 0.5) is 4.79 Å². The second-order valence-electron chi connectivity index (χ2n) is 1.47. The van der Waals surface area contributed by atoms with Gasteiger partial charge in [-0.05, 0) is 11.6 Å². The topological polar surface area (TPSA) is 52.6 Å². The highest BCUT2D eigenvalue weighted by Crippen LogP contribution is 2.08. The monoisotopic (exact) mass is 150 g/mol. The molecular weight excluding hydrogens is 147 g/mol. The summed E-state index contributed by atoms with van der Waals surface area (Å²) in [5.41, 5.74) is 0. The fourth-order valence-electron chi connectivity index (χ4n) is 0.440. The van der Waals surface area contributed by atoms with Gasteiger partial charge in [0.25, 0.3) is 5.24 Å². The number of ether oxygens (including phenoxy) is 2. The van der Waals surface area contributed by atoms with Crippen molar-refractivity contribution in [3.05, 3.63) is 0 Å². The minimum Gasteiger partial charge on any atom is -0.430 e. The summed E-state index contributed by atoms with van der Waals surface area (Å²) in [6.45, 7) is -0.0683. The fourth-order valence-corrected chi connectivity index (χ4v) is 0.547. The van der Waals surface area contributed by atoms with E-state index in [4.69, 9.17) is 11.6 Å². The summed E-state index contributed by atoms with van der Waals surface area (Å²) >= 11 is 4.95. The summed E-state index contributed by atoms with van der Waals surface area (Å²) < 4.78 is 8.54. The molecule has 1 unspecified atom stereocenters. The van der Waals surface area contributed by atoms with Crippen LogP contribution in [0.3, 0.4) is 0 Å². The van der Waals surface area contributed by atoms with Crippen molar-refractivity contribution in [2.75, 3.05) is 6.61 Å². The Bertz CT molecular complexity index is 155. The van der Waals surface area contributed by atoms with Crippen molar-refractivity contribution in [2.45, 2.75) is 6.10 Å². The van der Waals surface area contributed by atoms with Crippen LogP contribution in [0.2, 0.25) is 0 Å². The highest BCUT2D eigenvalue weighted by molar-refractivity contribution is 6.64. The van der Waals surface area contributed by atoms with E-state index in [2.05, 4.69) is 9.47 Å². The van der Waals surface area contributed by atoms with Gasteiger partial charge in [0.2, 0.25) is 6.10 Å².